The van der Waals surface area contributed by atoms with Gasteiger partial charge in [-0.2, -0.15) is 12.6 Å². The van der Waals surface area contributed by atoms with Crippen LogP contribution in [0.4, 0.5) is 0 Å². The summed E-state index contributed by atoms with van der Waals surface area (Å²) < 4.78 is 5.29. The fraction of sp³-hybridized carbons (Fsp3) is 0.900. The summed E-state index contributed by atoms with van der Waals surface area (Å²) in [6, 6.07) is 0. The van der Waals surface area contributed by atoms with Crippen LogP contribution in [0.3, 0.4) is 0 Å². The lowest BCUT2D eigenvalue weighted by molar-refractivity contribution is -0.136. The predicted octanol–water partition coefficient (Wildman–Crippen LogP) is 2.36. The first kappa shape index (κ1) is 13.8. The van der Waals surface area contributed by atoms with Crippen LogP contribution in [-0.2, 0) is 9.53 Å². The standard InChI is InChI=1S/C10H20O3S/c1-2-3-4-5-7-13-8-6-9(14)10(11)12/h9,14H,2-8H2,1H3,(H,11,12). The number of unbranched alkanes of at least 4 members (excludes halogenated alkanes) is 3. The molecule has 0 aliphatic rings. The van der Waals surface area contributed by atoms with E-state index in [1.165, 1.54) is 19.3 Å². The SMILES string of the molecule is CCCCCCOCCC(S)C(=O)O. The fourth-order valence-electron chi connectivity index (χ4n) is 1.05. The predicted molar refractivity (Wildman–Crippen MR) is 60.0 cm³/mol. The molecule has 14 heavy (non-hydrogen) atoms. The van der Waals surface area contributed by atoms with E-state index in [1.807, 2.05) is 0 Å². The van der Waals surface area contributed by atoms with E-state index in [2.05, 4.69) is 19.6 Å². The molecule has 1 N–H and O–H groups in total. The zero-order valence-electron chi connectivity index (χ0n) is 8.74. The van der Waals surface area contributed by atoms with E-state index < -0.39 is 11.2 Å². The molecule has 0 amide bonds. The number of hydrogen-bond donors (Lipinski definition) is 2. The summed E-state index contributed by atoms with van der Waals surface area (Å²) in [5.74, 6) is -0.872. The van der Waals surface area contributed by atoms with E-state index in [9.17, 15) is 4.79 Å². The summed E-state index contributed by atoms with van der Waals surface area (Å²) in [7, 11) is 0. The molecule has 0 aromatic carbocycles. The van der Waals surface area contributed by atoms with Crippen molar-refractivity contribution in [2.75, 3.05) is 13.2 Å². The molecule has 0 radical (unpaired) electrons. The van der Waals surface area contributed by atoms with Gasteiger partial charge in [-0.25, -0.2) is 0 Å². The van der Waals surface area contributed by atoms with Gasteiger partial charge in [-0.3, -0.25) is 4.79 Å². The molecule has 0 rings (SSSR count). The maximum absolute atomic E-state index is 10.4. The lowest BCUT2D eigenvalue weighted by Gasteiger charge is -2.06. The molecule has 0 fully saturated rings. The minimum atomic E-state index is -0.872. The fourth-order valence-corrected chi connectivity index (χ4v) is 1.16. The molecule has 0 aliphatic carbocycles. The Morgan fingerprint density at radius 3 is 2.64 bits per heavy atom. The second-order valence-electron chi connectivity index (χ2n) is 3.32. The lowest BCUT2D eigenvalue weighted by Crippen LogP contribution is -2.15. The van der Waals surface area contributed by atoms with Crippen LogP contribution in [0, 0.1) is 0 Å². The van der Waals surface area contributed by atoms with Crippen LogP contribution in [0.5, 0.6) is 0 Å². The molecule has 3 nitrogen and oxygen atoms in total. The van der Waals surface area contributed by atoms with Crippen molar-refractivity contribution < 1.29 is 14.6 Å². The quantitative estimate of drug-likeness (QED) is 0.463. The van der Waals surface area contributed by atoms with Crippen LogP contribution < -0.4 is 0 Å². The molecule has 1 unspecified atom stereocenters. The number of carbonyl (C=O) groups is 1. The monoisotopic (exact) mass is 220 g/mol. The smallest absolute Gasteiger partial charge is 0.316 e. The second-order valence-corrected chi connectivity index (χ2v) is 3.94. The van der Waals surface area contributed by atoms with Gasteiger partial charge in [0.2, 0.25) is 0 Å². The Labute approximate surface area is 91.2 Å². The first-order valence-corrected chi connectivity index (χ1v) is 5.68. The van der Waals surface area contributed by atoms with Crippen LogP contribution in [0.2, 0.25) is 0 Å². The number of thiol groups is 1. The van der Waals surface area contributed by atoms with Crippen molar-refractivity contribution in [3.8, 4) is 0 Å². The highest BCUT2D eigenvalue weighted by molar-refractivity contribution is 7.81. The zero-order chi connectivity index (χ0) is 10.8. The van der Waals surface area contributed by atoms with E-state index in [0.29, 0.717) is 13.0 Å². The molecule has 0 aliphatic heterocycles. The number of hydrogen-bond acceptors (Lipinski definition) is 3. The minimum Gasteiger partial charge on any atom is -0.480 e. The highest BCUT2D eigenvalue weighted by Crippen LogP contribution is 2.03. The van der Waals surface area contributed by atoms with Crippen molar-refractivity contribution >= 4 is 18.6 Å². The Morgan fingerprint density at radius 2 is 2.07 bits per heavy atom. The van der Waals surface area contributed by atoms with E-state index in [4.69, 9.17) is 9.84 Å². The van der Waals surface area contributed by atoms with Crippen molar-refractivity contribution in [1.29, 1.82) is 0 Å². The summed E-state index contributed by atoms with van der Waals surface area (Å²) >= 11 is 3.90. The maximum atomic E-state index is 10.4. The molecular formula is C10H20O3S. The largest absolute Gasteiger partial charge is 0.480 e. The Bertz CT molecular complexity index is 150. The number of carboxylic acids is 1. The van der Waals surface area contributed by atoms with E-state index >= 15 is 0 Å². The zero-order valence-corrected chi connectivity index (χ0v) is 9.63. The second kappa shape index (κ2) is 9.34. The summed E-state index contributed by atoms with van der Waals surface area (Å²) in [5.41, 5.74) is 0. The first-order valence-electron chi connectivity index (χ1n) is 5.17. The topological polar surface area (TPSA) is 46.5 Å². The summed E-state index contributed by atoms with van der Waals surface area (Å²) in [6.45, 7) is 3.39. The van der Waals surface area contributed by atoms with Crippen LogP contribution in [0.25, 0.3) is 0 Å². The summed E-state index contributed by atoms with van der Waals surface area (Å²) in [6.07, 6.45) is 5.20. The average Bonchev–Trinajstić information content (AvgIpc) is 2.16. The molecule has 0 aromatic heterocycles. The molecule has 0 aromatic rings. The van der Waals surface area contributed by atoms with Gasteiger partial charge in [-0.15, -0.1) is 0 Å². The van der Waals surface area contributed by atoms with Crippen molar-refractivity contribution in [2.45, 2.75) is 44.3 Å². The van der Waals surface area contributed by atoms with Crippen LogP contribution in [0.1, 0.15) is 39.0 Å². The molecule has 0 saturated heterocycles. The molecule has 0 bridgehead atoms. The average molecular weight is 220 g/mol. The third kappa shape index (κ3) is 8.38. The van der Waals surface area contributed by atoms with Gasteiger partial charge >= 0.3 is 5.97 Å². The normalized spacial score (nSPS) is 12.7. The molecule has 4 heteroatoms. The molecule has 84 valence electrons. The van der Waals surface area contributed by atoms with Gasteiger partial charge in [-0.1, -0.05) is 26.2 Å². The van der Waals surface area contributed by atoms with Gasteiger partial charge in [0, 0.05) is 13.2 Å². The van der Waals surface area contributed by atoms with Gasteiger partial charge in [0.15, 0.2) is 0 Å². The number of ether oxygens (including phenoxy) is 1. The van der Waals surface area contributed by atoms with E-state index in [1.54, 1.807) is 0 Å². The highest BCUT2D eigenvalue weighted by atomic mass is 32.1. The summed E-state index contributed by atoms with van der Waals surface area (Å²) in [5, 5.41) is 7.93. The van der Waals surface area contributed by atoms with Gasteiger partial charge in [-0.05, 0) is 12.8 Å². The van der Waals surface area contributed by atoms with Gasteiger partial charge in [0.1, 0.15) is 5.25 Å². The molecular weight excluding hydrogens is 200 g/mol. The number of rotatable bonds is 9. The Morgan fingerprint density at radius 1 is 1.36 bits per heavy atom. The molecule has 0 spiro atoms. The van der Waals surface area contributed by atoms with Crippen molar-refractivity contribution in [3.05, 3.63) is 0 Å². The van der Waals surface area contributed by atoms with Gasteiger partial charge < -0.3 is 9.84 Å². The third-order valence-corrected chi connectivity index (χ3v) is 2.44. The van der Waals surface area contributed by atoms with E-state index in [-0.39, 0.29) is 0 Å². The Kier molecular flexibility index (Phi) is 9.19. The van der Waals surface area contributed by atoms with E-state index in [0.717, 1.165) is 13.0 Å². The maximum Gasteiger partial charge on any atom is 0.316 e. The van der Waals surface area contributed by atoms with Crippen LogP contribution in [0.15, 0.2) is 0 Å². The van der Waals surface area contributed by atoms with Gasteiger partial charge in [0.05, 0.1) is 0 Å². The summed E-state index contributed by atoms with van der Waals surface area (Å²) in [4.78, 5) is 10.4. The molecule has 0 saturated carbocycles. The van der Waals surface area contributed by atoms with Crippen molar-refractivity contribution in [2.24, 2.45) is 0 Å². The van der Waals surface area contributed by atoms with Gasteiger partial charge in [0.25, 0.3) is 0 Å². The number of carboxylic acid groups (broad SMARTS) is 1. The molecule has 0 heterocycles. The molecule has 1 atom stereocenters. The number of aliphatic carboxylic acids is 1. The minimum absolute atomic E-state index is 0.478. The van der Waals surface area contributed by atoms with Crippen LogP contribution >= 0.6 is 12.6 Å². The Balaban J connectivity index is 3.09. The highest BCUT2D eigenvalue weighted by Gasteiger charge is 2.10. The lowest BCUT2D eigenvalue weighted by atomic mass is 10.2. The van der Waals surface area contributed by atoms with Crippen molar-refractivity contribution in [1.82, 2.24) is 0 Å². The van der Waals surface area contributed by atoms with Crippen molar-refractivity contribution in [3.63, 3.8) is 0 Å². The van der Waals surface area contributed by atoms with Crippen LogP contribution in [-0.4, -0.2) is 29.5 Å². The third-order valence-electron chi connectivity index (χ3n) is 1.96. The first-order chi connectivity index (χ1) is 6.68. The Hall–Kier alpha value is -0.220.